The molecule has 146 valence electrons. The molecule has 0 spiro atoms. The van der Waals surface area contributed by atoms with Gasteiger partial charge in [-0.05, 0) is 54.9 Å². The molecule has 0 aliphatic carbocycles. The van der Waals surface area contributed by atoms with Crippen LogP contribution in [0.5, 0.6) is 0 Å². The number of carbonyl (C=O) groups is 1. The van der Waals surface area contributed by atoms with Gasteiger partial charge in [0, 0.05) is 25.7 Å². The highest BCUT2D eigenvalue weighted by atomic mass is 16.2. The number of carbonyl (C=O) groups excluding carboxylic acids is 1. The van der Waals surface area contributed by atoms with Crippen LogP contribution in [0.2, 0.25) is 0 Å². The van der Waals surface area contributed by atoms with E-state index in [4.69, 9.17) is 5.26 Å². The molecule has 0 N–H and O–H groups in total. The highest BCUT2D eigenvalue weighted by molar-refractivity contribution is 5.91. The summed E-state index contributed by atoms with van der Waals surface area (Å²) in [7, 11) is 3.99. The van der Waals surface area contributed by atoms with Crippen molar-refractivity contribution in [2.24, 2.45) is 0 Å². The zero-order valence-corrected chi connectivity index (χ0v) is 17.2. The molecule has 1 amide bonds. The topological polar surface area (TPSA) is 47.3 Å². The molecule has 2 rings (SSSR count). The number of nitriles is 1. The molecular formula is C24H29N3O. The predicted octanol–water partition coefficient (Wildman–Crippen LogP) is 4.29. The molecule has 4 nitrogen and oxygen atoms in total. The van der Waals surface area contributed by atoms with Crippen LogP contribution < -0.4 is 0 Å². The third kappa shape index (κ3) is 6.68. The van der Waals surface area contributed by atoms with Gasteiger partial charge in [-0.25, -0.2) is 0 Å². The van der Waals surface area contributed by atoms with Gasteiger partial charge in [0.2, 0.25) is 5.91 Å². The Morgan fingerprint density at radius 1 is 1.04 bits per heavy atom. The first kappa shape index (κ1) is 21.4. The Hall–Kier alpha value is -2.90. The highest BCUT2D eigenvalue weighted by Crippen LogP contribution is 2.15. The van der Waals surface area contributed by atoms with Crippen LogP contribution in [-0.2, 0) is 11.3 Å². The second kappa shape index (κ2) is 10.4. The molecule has 0 atom stereocenters. The molecule has 0 unspecified atom stereocenters. The molecule has 0 saturated carbocycles. The highest BCUT2D eigenvalue weighted by Gasteiger charge is 2.12. The molecule has 0 fully saturated rings. The Balaban J connectivity index is 2.09. The number of likely N-dealkylation sites (N-methyl/N-ethyl adjacent to an activating group) is 1. The average molecular weight is 376 g/mol. The van der Waals surface area contributed by atoms with Crippen LogP contribution in [0, 0.1) is 11.3 Å². The molecular weight excluding hydrogens is 346 g/mol. The van der Waals surface area contributed by atoms with Crippen LogP contribution in [0.1, 0.15) is 42.0 Å². The van der Waals surface area contributed by atoms with Crippen molar-refractivity contribution in [1.82, 2.24) is 9.80 Å². The molecule has 0 saturated heterocycles. The zero-order chi connectivity index (χ0) is 20.5. The van der Waals surface area contributed by atoms with E-state index < -0.39 is 0 Å². The summed E-state index contributed by atoms with van der Waals surface area (Å²) >= 11 is 0. The van der Waals surface area contributed by atoms with Gasteiger partial charge in [-0.3, -0.25) is 4.79 Å². The molecule has 0 aromatic heterocycles. The number of amides is 1. The van der Waals surface area contributed by atoms with Gasteiger partial charge in [0.25, 0.3) is 0 Å². The summed E-state index contributed by atoms with van der Waals surface area (Å²) in [4.78, 5) is 16.7. The van der Waals surface area contributed by atoms with E-state index in [1.165, 1.54) is 5.56 Å². The van der Waals surface area contributed by atoms with Crippen molar-refractivity contribution in [2.45, 2.75) is 26.3 Å². The smallest absolute Gasteiger partial charge is 0.246 e. The summed E-state index contributed by atoms with van der Waals surface area (Å²) in [6.45, 7) is 6.29. The predicted molar refractivity (Wildman–Crippen MR) is 115 cm³/mol. The third-order valence-corrected chi connectivity index (χ3v) is 4.61. The molecule has 0 bridgehead atoms. The second-order valence-corrected chi connectivity index (χ2v) is 7.53. The monoisotopic (exact) mass is 375 g/mol. The van der Waals surface area contributed by atoms with E-state index in [2.05, 4.69) is 36.9 Å². The minimum absolute atomic E-state index is 0.0147. The van der Waals surface area contributed by atoms with Crippen LogP contribution in [0.3, 0.4) is 0 Å². The normalized spacial score (nSPS) is 11.2. The fourth-order valence-corrected chi connectivity index (χ4v) is 2.76. The van der Waals surface area contributed by atoms with Gasteiger partial charge in [0.05, 0.1) is 11.6 Å². The Labute approximate surface area is 168 Å². The van der Waals surface area contributed by atoms with Gasteiger partial charge in [-0.2, -0.15) is 5.26 Å². The van der Waals surface area contributed by atoms with Crippen molar-refractivity contribution in [3.8, 4) is 6.07 Å². The lowest BCUT2D eigenvalue weighted by molar-refractivity contribution is -0.126. The lowest BCUT2D eigenvalue weighted by Gasteiger charge is -2.23. The van der Waals surface area contributed by atoms with Gasteiger partial charge in [0.1, 0.15) is 0 Å². The first-order chi connectivity index (χ1) is 13.4. The van der Waals surface area contributed by atoms with Crippen molar-refractivity contribution in [1.29, 1.82) is 5.26 Å². The van der Waals surface area contributed by atoms with Crippen molar-refractivity contribution >= 4 is 12.0 Å². The zero-order valence-electron chi connectivity index (χ0n) is 17.2. The number of benzene rings is 2. The summed E-state index contributed by atoms with van der Waals surface area (Å²) in [6, 6.07) is 17.8. The van der Waals surface area contributed by atoms with E-state index in [1.807, 2.05) is 49.3 Å². The minimum Gasteiger partial charge on any atom is -0.334 e. The standard InChI is InChI=1S/C24H29N3O/c1-19(2)23-12-9-20(10-13-23)11-14-24(28)27(16-15-26(3)4)18-22-7-5-21(17-25)6-8-22/h5-14,19H,15-16,18H2,1-4H3. The summed E-state index contributed by atoms with van der Waals surface area (Å²) in [5, 5.41) is 8.94. The molecule has 4 heteroatoms. The minimum atomic E-state index is -0.0147. The summed E-state index contributed by atoms with van der Waals surface area (Å²) in [5.41, 5.74) is 3.95. The van der Waals surface area contributed by atoms with E-state index in [0.717, 1.165) is 17.7 Å². The maximum atomic E-state index is 12.8. The van der Waals surface area contributed by atoms with E-state index in [0.29, 0.717) is 24.6 Å². The van der Waals surface area contributed by atoms with Gasteiger partial charge < -0.3 is 9.80 Å². The maximum Gasteiger partial charge on any atom is 0.246 e. The lowest BCUT2D eigenvalue weighted by Crippen LogP contribution is -2.35. The molecule has 0 aliphatic heterocycles. The van der Waals surface area contributed by atoms with Crippen molar-refractivity contribution in [3.63, 3.8) is 0 Å². The SMILES string of the molecule is CC(C)c1ccc(C=CC(=O)N(CCN(C)C)Cc2ccc(C#N)cc2)cc1. The van der Waals surface area contributed by atoms with E-state index in [9.17, 15) is 4.79 Å². The van der Waals surface area contributed by atoms with Crippen LogP contribution >= 0.6 is 0 Å². The largest absolute Gasteiger partial charge is 0.334 e. The number of nitrogens with zero attached hydrogens (tertiary/aromatic N) is 3. The molecule has 2 aromatic carbocycles. The van der Waals surface area contributed by atoms with Gasteiger partial charge in [0.15, 0.2) is 0 Å². The number of hydrogen-bond donors (Lipinski definition) is 0. The van der Waals surface area contributed by atoms with Crippen molar-refractivity contribution in [3.05, 3.63) is 76.9 Å². The molecule has 0 radical (unpaired) electrons. The fourth-order valence-electron chi connectivity index (χ4n) is 2.76. The first-order valence-corrected chi connectivity index (χ1v) is 9.59. The second-order valence-electron chi connectivity index (χ2n) is 7.53. The van der Waals surface area contributed by atoms with E-state index in [1.54, 1.807) is 18.2 Å². The van der Waals surface area contributed by atoms with Gasteiger partial charge in [-0.15, -0.1) is 0 Å². The molecule has 28 heavy (non-hydrogen) atoms. The van der Waals surface area contributed by atoms with Crippen LogP contribution in [-0.4, -0.2) is 42.9 Å². The third-order valence-electron chi connectivity index (χ3n) is 4.61. The average Bonchev–Trinajstić information content (AvgIpc) is 2.69. The quantitative estimate of drug-likeness (QED) is 0.647. The number of rotatable bonds is 8. The Morgan fingerprint density at radius 3 is 2.21 bits per heavy atom. The van der Waals surface area contributed by atoms with Crippen LogP contribution in [0.15, 0.2) is 54.6 Å². The van der Waals surface area contributed by atoms with Crippen molar-refractivity contribution < 1.29 is 4.79 Å². The van der Waals surface area contributed by atoms with E-state index >= 15 is 0 Å². The van der Waals surface area contributed by atoms with Gasteiger partial charge in [-0.1, -0.05) is 50.2 Å². The maximum absolute atomic E-state index is 12.8. The summed E-state index contributed by atoms with van der Waals surface area (Å²) in [6.07, 6.45) is 3.51. The van der Waals surface area contributed by atoms with Gasteiger partial charge >= 0.3 is 0 Å². The Kier molecular flexibility index (Phi) is 7.98. The van der Waals surface area contributed by atoms with Crippen LogP contribution in [0.25, 0.3) is 6.08 Å². The van der Waals surface area contributed by atoms with Crippen LogP contribution in [0.4, 0.5) is 0 Å². The fraction of sp³-hybridized carbons (Fsp3) is 0.333. The lowest BCUT2D eigenvalue weighted by atomic mass is 10.0. The first-order valence-electron chi connectivity index (χ1n) is 9.59. The Bertz CT molecular complexity index is 828. The summed E-state index contributed by atoms with van der Waals surface area (Å²) < 4.78 is 0. The summed E-state index contributed by atoms with van der Waals surface area (Å²) in [5.74, 6) is 0.479. The van der Waals surface area contributed by atoms with E-state index in [-0.39, 0.29) is 5.91 Å². The molecule has 2 aromatic rings. The molecule has 0 aliphatic rings. The van der Waals surface area contributed by atoms with Crippen molar-refractivity contribution in [2.75, 3.05) is 27.2 Å². The number of hydrogen-bond acceptors (Lipinski definition) is 3. The molecule has 0 heterocycles. The Morgan fingerprint density at radius 2 is 1.68 bits per heavy atom.